The summed E-state index contributed by atoms with van der Waals surface area (Å²) in [5.74, 6) is -0.129. The Morgan fingerprint density at radius 3 is 2.74 bits per heavy atom. The zero-order valence-electron chi connectivity index (χ0n) is 10.5. The molecule has 1 heterocycles. The number of aromatic nitrogens is 1. The monoisotopic (exact) mass is 319 g/mol. The molecule has 0 spiro atoms. The van der Waals surface area contributed by atoms with Gasteiger partial charge in [0.1, 0.15) is 0 Å². The first-order valence-corrected chi connectivity index (χ1v) is 6.62. The minimum Gasteiger partial charge on any atom is -0.354 e. The van der Waals surface area contributed by atoms with Gasteiger partial charge in [0, 0.05) is 23.4 Å². The molecule has 0 aliphatic heterocycles. The molecule has 0 atom stereocenters. The van der Waals surface area contributed by atoms with Crippen LogP contribution in [0.1, 0.15) is 11.3 Å². The average Bonchev–Trinajstić information content (AvgIpc) is 2.78. The van der Waals surface area contributed by atoms with Gasteiger partial charge in [-0.1, -0.05) is 28.1 Å². The molecule has 5 heteroatoms. The number of hydrogen-bond acceptors (Lipinski definition) is 2. The summed E-state index contributed by atoms with van der Waals surface area (Å²) < 4.78 is 2.93. The fraction of sp³-hybridized carbons (Fsp3) is 0.143. The summed E-state index contributed by atoms with van der Waals surface area (Å²) in [5, 5.41) is 3.93. The van der Waals surface area contributed by atoms with E-state index in [2.05, 4.69) is 26.5 Å². The zero-order valence-corrected chi connectivity index (χ0v) is 12.1. The number of rotatable bonds is 4. The van der Waals surface area contributed by atoms with Gasteiger partial charge in [-0.3, -0.25) is 4.79 Å². The smallest absolute Gasteiger partial charge is 0.245 e. The third-order valence-electron chi connectivity index (χ3n) is 2.67. The normalized spacial score (nSPS) is 10.8. The lowest BCUT2D eigenvalue weighted by Crippen LogP contribution is -2.20. The summed E-state index contributed by atoms with van der Waals surface area (Å²) in [6.07, 6.45) is 3.85. The van der Waals surface area contributed by atoms with Crippen molar-refractivity contribution in [2.24, 2.45) is 12.1 Å². The van der Waals surface area contributed by atoms with E-state index >= 15 is 0 Å². The molecule has 0 saturated carbocycles. The molecule has 0 fully saturated rings. The minimum absolute atomic E-state index is 0.129. The van der Waals surface area contributed by atoms with Crippen molar-refractivity contribution in [2.75, 3.05) is 0 Å². The van der Waals surface area contributed by atoms with Crippen molar-refractivity contribution < 1.29 is 4.79 Å². The van der Waals surface area contributed by atoms with Gasteiger partial charge >= 0.3 is 0 Å². The number of carbonyl (C=O) groups is 1. The van der Waals surface area contributed by atoms with Gasteiger partial charge < -0.3 is 4.57 Å². The molecule has 1 aromatic heterocycles. The van der Waals surface area contributed by atoms with Crippen molar-refractivity contribution in [3.63, 3.8) is 0 Å². The number of aryl methyl sites for hydroxylation is 1. The molecule has 1 amide bonds. The third kappa shape index (κ3) is 4.06. The van der Waals surface area contributed by atoms with E-state index in [0.717, 1.165) is 15.7 Å². The molecule has 0 radical (unpaired) electrons. The standard InChI is InChI=1S/C14H14BrN3O/c1-18-8-2-3-13(18)9-14(19)17-16-10-11-4-6-12(15)7-5-11/h2-8,10H,9H2,1H3,(H,17,19). The Bertz CT molecular complexity index is 587. The highest BCUT2D eigenvalue weighted by atomic mass is 79.9. The molecule has 0 unspecified atom stereocenters. The summed E-state index contributed by atoms with van der Waals surface area (Å²) in [6.45, 7) is 0. The molecule has 0 aliphatic carbocycles. The summed E-state index contributed by atoms with van der Waals surface area (Å²) in [4.78, 5) is 11.7. The maximum atomic E-state index is 11.7. The molecule has 0 bridgehead atoms. The fourth-order valence-electron chi connectivity index (χ4n) is 1.61. The van der Waals surface area contributed by atoms with Crippen LogP contribution in [-0.2, 0) is 18.3 Å². The first kappa shape index (κ1) is 13.5. The van der Waals surface area contributed by atoms with E-state index in [1.807, 2.05) is 54.2 Å². The van der Waals surface area contributed by atoms with Gasteiger partial charge in [-0.15, -0.1) is 0 Å². The van der Waals surface area contributed by atoms with Gasteiger partial charge in [-0.05, 0) is 29.8 Å². The van der Waals surface area contributed by atoms with Crippen molar-refractivity contribution in [3.05, 3.63) is 58.3 Å². The van der Waals surface area contributed by atoms with Crippen molar-refractivity contribution in [3.8, 4) is 0 Å². The molecule has 2 aromatic rings. The number of hydrogen-bond donors (Lipinski definition) is 1. The number of nitrogens with one attached hydrogen (secondary N) is 1. The Kier molecular flexibility index (Phi) is 4.52. The Labute approximate surface area is 120 Å². The second-order valence-corrected chi connectivity index (χ2v) is 5.05. The van der Waals surface area contributed by atoms with E-state index in [0.29, 0.717) is 6.42 Å². The fourth-order valence-corrected chi connectivity index (χ4v) is 1.88. The number of benzene rings is 1. The molecule has 0 saturated heterocycles. The van der Waals surface area contributed by atoms with Crippen molar-refractivity contribution in [2.45, 2.75) is 6.42 Å². The predicted molar refractivity (Wildman–Crippen MR) is 79.0 cm³/mol. The lowest BCUT2D eigenvalue weighted by Gasteiger charge is -2.01. The Morgan fingerprint density at radius 1 is 1.37 bits per heavy atom. The van der Waals surface area contributed by atoms with Gasteiger partial charge in [-0.2, -0.15) is 5.10 Å². The van der Waals surface area contributed by atoms with Crippen LogP contribution in [0.15, 0.2) is 52.2 Å². The van der Waals surface area contributed by atoms with Crippen LogP contribution >= 0.6 is 15.9 Å². The van der Waals surface area contributed by atoms with Crippen molar-refractivity contribution in [1.29, 1.82) is 0 Å². The van der Waals surface area contributed by atoms with E-state index in [1.165, 1.54) is 0 Å². The second kappa shape index (κ2) is 6.33. The minimum atomic E-state index is -0.129. The largest absolute Gasteiger partial charge is 0.354 e. The van der Waals surface area contributed by atoms with Gasteiger partial charge in [-0.25, -0.2) is 5.43 Å². The van der Waals surface area contributed by atoms with Crippen LogP contribution in [0.2, 0.25) is 0 Å². The van der Waals surface area contributed by atoms with Crippen molar-refractivity contribution in [1.82, 2.24) is 9.99 Å². The topological polar surface area (TPSA) is 46.4 Å². The van der Waals surface area contributed by atoms with Crippen LogP contribution < -0.4 is 5.43 Å². The third-order valence-corrected chi connectivity index (χ3v) is 3.19. The first-order chi connectivity index (χ1) is 9.15. The van der Waals surface area contributed by atoms with Crippen LogP contribution in [0.3, 0.4) is 0 Å². The molecule has 19 heavy (non-hydrogen) atoms. The number of amides is 1. The molecule has 4 nitrogen and oxygen atoms in total. The van der Waals surface area contributed by atoms with Crippen LogP contribution in [0, 0.1) is 0 Å². The molecular formula is C14H14BrN3O. The van der Waals surface area contributed by atoms with Crippen LogP contribution in [0.25, 0.3) is 0 Å². The van der Waals surface area contributed by atoms with Crippen LogP contribution in [-0.4, -0.2) is 16.7 Å². The van der Waals surface area contributed by atoms with E-state index in [-0.39, 0.29) is 5.91 Å². The van der Waals surface area contributed by atoms with E-state index in [4.69, 9.17) is 0 Å². The zero-order chi connectivity index (χ0) is 13.7. The summed E-state index contributed by atoms with van der Waals surface area (Å²) in [5.41, 5.74) is 4.40. The van der Waals surface area contributed by atoms with E-state index in [1.54, 1.807) is 6.21 Å². The average molecular weight is 320 g/mol. The lowest BCUT2D eigenvalue weighted by atomic mass is 10.2. The quantitative estimate of drug-likeness (QED) is 0.683. The Balaban J connectivity index is 1.86. The maximum absolute atomic E-state index is 11.7. The molecule has 2 rings (SSSR count). The van der Waals surface area contributed by atoms with Gasteiger partial charge in [0.25, 0.3) is 0 Å². The summed E-state index contributed by atoms with van der Waals surface area (Å²) in [7, 11) is 1.91. The maximum Gasteiger partial charge on any atom is 0.245 e. The van der Waals surface area contributed by atoms with Gasteiger partial charge in [0.05, 0.1) is 12.6 Å². The Hall–Kier alpha value is -1.88. The molecule has 0 aliphatic rings. The Morgan fingerprint density at radius 2 is 2.11 bits per heavy atom. The number of carbonyl (C=O) groups excluding carboxylic acids is 1. The summed E-state index contributed by atoms with van der Waals surface area (Å²) >= 11 is 3.36. The number of halogens is 1. The lowest BCUT2D eigenvalue weighted by molar-refractivity contribution is -0.120. The first-order valence-electron chi connectivity index (χ1n) is 5.83. The SMILES string of the molecule is Cn1cccc1CC(=O)NN=Cc1ccc(Br)cc1. The van der Waals surface area contributed by atoms with Gasteiger partial charge in [0.15, 0.2) is 0 Å². The predicted octanol–water partition coefficient (Wildman–Crippen LogP) is 2.48. The highest BCUT2D eigenvalue weighted by Gasteiger charge is 2.04. The highest BCUT2D eigenvalue weighted by molar-refractivity contribution is 9.10. The van der Waals surface area contributed by atoms with E-state index < -0.39 is 0 Å². The molecule has 98 valence electrons. The number of nitrogens with zero attached hydrogens (tertiary/aromatic N) is 2. The molecule has 1 aromatic carbocycles. The highest BCUT2D eigenvalue weighted by Crippen LogP contribution is 2.08. The number of hydrazone groups is 1. The van der Waals surface area contributed by atoms with Gasteiger partial charge in [0.2, 0.25) is 5.91 Å². The van der Waals surface area contributed by atoms with Crippen LogP contribution in [0.5, 0.6) is 0 Å². The van der Waals surface area contributed by atoms with Crippen LogP contribution in [0.4, 0.5) is 0 Å². The second-order valence-electron chi connectivity index (χ2n) is 4.13. The molecular weight excluding hydrogens is 306 g/mol. The van der Waals surface area contributed by atoms with Crippen molar-refractivity contribution >= 4 is 28.1 Å². The summed E-state index contributed by atoms with van der Waals surface area (Å²) in [6, 6.07) is 11.5. The molecule has 1 N–H and O–H groups in total. The van der Waals surface area contributed by atoms with E-state index in [9.17, 15) is 4.79 Å².